The molecule has 5 atom stereocenters. The van der Waals surface area contributed by atoms with E-state index in [1.54, 1.807) is 19.0 Å². The van der Waals surface area contributed by atoms with Crippen molar-refractivity contribution >= 4 is 34.8 Å². The van der Waals surface area contributed by atoms with Crippen LogP contribution in [-0.2, 0) is 25.6 Å². The zero-order chi connectivity index (χ0) is 29.6. The number of Topliss-reactive ketones (excluding diaryl/α,β-unsaturated/α-hetero) is 2. The monoisotopic (exact) mass is 554 g/mol. The maximum absolute atomic E-state index is 14.0. The van der Waals surface area contributed by atoms with Crippen LogP contribution in [0.15, 0.2) is 23.0 Å². The lowest BCUT2D eigenvalue weighted by Crippen LogP contribution is -2.65. The zero-order valence-corrected chi connectivity index (χ0v) is 23.1. The molecule has 40 heavy (non-hydrogen) atoms. The van der Waals surface area contributed by atoms with Crippen LogP contribution in [0, 0.1) is 11.8 Å². The van der Waals surface area contributed by atoms with E-state index < -0.39 is 58.0 Å². The van der Waals surface area contributed by atoms with Crippen LogP contribution in [0.5, 0.6) is 5.75 Å². The molecule has 0 aromatic heterocycles. The third kappa shape index (κ3) is 3.55. The number of amides is 2. The smallest absolute Gasteiger partial charge is 0.255 e. The molecule has 1 aromatic rings. The van der Waals surface area contributed by atoms with Crippen LogP contribution in [0.2, 0.25) is 0 Å². The molecule has 0 saturated heterocycles. The molecule has 4 aliphatic rings. The Morgan fingerprint density at radius 2 is 1.75 bits per heavy atom. The molecular weight excluding hydrogens is 520 g/mol. The van der Waals surface area contributed by atoms with Gasteiger partial charge in [-0.3, -0.25) is 24.1 Å². The summed E-state index contributed by atoms with van der Waals surface area (Å²) in [6.07, 6.45) is 0.727. The van der Waals surface area contributed by atoms with Crippen molar-refractivity contribution in [2.24, 2.45) is 17.6 Å². The fourth-order valence-corrected chi connectivity index (χ4v) is 7.27. The number of hydrogen-bond acceptors (Lipinski definition) is 10. The zero-order valence-electron chi connectivity index (χ0n) is 23.1. The molecular formula is C28H34N4O8. The van der Waals surface area contributed by atoms with Crippen molar-refractivity contribution in [3.05, 3.63) is 39.7 Å². The average molecular weight is 555 g/mol. The highest BCUT2D eigenvalue weighted by molar-refractivity contribution is 6.24. The molecule has 1 heterocycles. The Hall–Kier alpha value is -3.74. The molecule has 6 N–H and O–H groups in total. The topological polar surface area (TPSA) is 185 Å². The lowest BCUT2D eigenvalue weighted by molar-refractivity contribution is -0.153. The van der Waals surface area contributed by atoms with Crippen LogP contribution in [0.1, 0.15) is 42.5 Å². The van der Waals surface area contributed by atoms with E-state index in [4.69, 9.17) is 5.73 Å². The summed E-state index contributed by atoms with van der Waals surface area (Å²) in [5.74, 6) is -7.26. The van der Waals surface area contributed by atoms with Gasteiger partial charge < -0.3 is 36.0 Å². The highest BCUT2D eigenvalue weighted by atomic mass is 16.3. The van der Waals surface area contributed by atoms with Crippen LogP contribution in [0.3, 0.4) is 0 Å². The van der Waals surface area contributed by atoms with Gasteiger partial charge in [-0.15, -0.1) is 0 Å². The first-order valence-electron chi connectivity index (χ1n) is 13.1. The summed E-state index contributed by atoms with van der Waals surface area (Å²) in [5, 5.41) is 45.4. The number of aromatic hydroxyl groups is 1. The second-order valence-corrected chi connectivity index (χ2v) is 11.6. The minimum Gasteiger partial charge on any atom is -0.508 e. The average Bonchev–Trinajstić information content (AvgIpc) is 2.84. The van der Waals surface area contributed by atoms with E-state index in [2.05, 4.69) is 0 Å². The Morgan fingerprint density at radius 3 is 2.30 bits per heavy atom. The third-order valence-electron chi connectivity index (χ3n) is 8.98. The number of carbonyl (C=O) groups is 4. The quantitative estimate of drug-likeness (QED) is 0.326. The van der Waals surface area contributed by atoms with Crippen molar-refractivity contribution in [2.75, 3.05) is 39.6 Å². The van der Waals surface area contributed by atoms with Gasteiger partial charge in [0, 0.05) is 31.0 Å². The van der Waals surface area contributed by atoms with Crippen LogP contribution in [-0.4, -0.2) is 100.0 Å². The third-order valence-corrected chi connectivity index (χ3v) is 8.98. The molecule has 0 bridgehead atoms. The van der Waals surface area contributed by atoms with Gasteiger partial charge in [0.05, 0.1) is 17.3 Å². The molecule has 3 aliphatic carbocycles. The van der Waals surface area contributed by atoms with Gasteiger partial charge in [-0.2, -0.15) is 0 Å². The number of nitrogens with two attached hydrogens (primary N) is 1. The van der Waals surface area contributed by atoms with Gasteiger partial charge in [0.25, 0.3) is 5.91 Å². The van der Waals surface area contributed by atoms with E-state index >= 15 is 0 Å². The number of fused-ring (bicyclic) bond motifs is 5. The Bertz CT molecular complexity index is 1440. The number of phenols is 1. The van der Waals surface area contributed by atoms with Crippen molar-refractivity contribution in [1.29, 1.82) is 0 Å². The maximum atomic E-state index is 14.0. The number of hydrogen-bond donors (Lipinski definition) is 5. The highest BCUT2D eigenvalue weighted by Crippen LogP contribution is 2.55. The molecule has 1 saturated carbocycles. The second-order valence-electron chi connectivity index (χ2n) is 11.6. The first-order valence-corrected chi connectivity index (χ1v) is 13.1. The minimum atomic E-state index is -2.70. The van der Waals surface area contributed by atoms with Crippen molar-refractivity contribution in [1.82, 2.24) is 9.80 Å². The summed E-state index contributed by atoms with van der Waals surface area (Å²) in [6.45, 7) is 1.85. The van der Waals surface area contributed by atoms with Crippen molar-refractivity contribution in [3.63, 3.8) is 0 Å². The van der Waals surface area contributed by atoms with E-state index in [9.17, 15) is 39.6 Å². The van der Waals surface area contributed by atoms with E-state index in [0.29, 0.717) is 29.8 Å². The van der Waals surface area contributed by atoms with Crippen LogP contribution in [0.4, 0.5) is 5.69 Å². The summed E-state index contributed by atoms with van der Waals surface area (Å²) in [6, 6.07) is 0.206. The molecule has 1 fully saturated rings. The molecule has 0 radical (unpaired) electrons. The van der Waals surface area contributed by atoms with Crippen molar-refractivity contribution in [2.45, 2.75) is 43.9 Å². The van der Waals surface area contributed by atoms with Gasteiger partial charge in [-0.25, -0.2) is 0 Å². The van der Waals surface area contributed by atoms with Crippen LogP contribution >= 0.6 is 0 Å². The van der Waals surface area contributed by atoms with Gasteiger partial charge in [0.1, 0.15) is 22.8 Å². The number of aliphatic hydroxyl groups excluding tert-OH is 2. The Morgan fingerprint density at radius 1 is 1.10 bits per heavy atom. The first kappa shape index (κ1) is 27.8. The number of anilines is 1. The molecule has 12 nitrogen and oxygen atoms in total. The fourth-order valence-electron chi connectivity index (χ4n) is 7.27. The van der Waals surface area contributed by atoms with Gasteiger partial charge >= 0.3 is 0 Å². The summed E-state index contributed by atoms with van der Waals surface area (Å²) in [5.41, 5.74) is 3.32. The second kappa shape index (κ2) is 9.15. The SMILES string of the molecule is CC(=O)N1CCC(N(C)C)c2cc(O)c3c(c21)C[C@H]1C[C@H]2[C@@H](N(C)C)C(=O)C(C(N)=O)=C(O)[C@@]2(O)C(=O)C1=C3O. The predicted octanol–water partition coefficient (Wildman–Crippen LogP) is 0.323. The van der Waals surface area contributed by atoms with Crippen molar-refractivity contribution < 1.29 is 39.6 Å². The number of benzene rings is 1. The fraction of sp³-hybridized carbons (Fsp3) is 0.500. The molecule has 1 unspecified atom stereocenters. The summed E-state index contributed by atoms with van der Waals surface area (Å²) >= 11 is 0. The molecule has 1 aromatic carbocycles. The number of likely N-dealkylation sites (N-methyl/N-ethyl adjacent to an activating group) is 1. The Kier molecular flexibility index (Phi) is 6.36. The van der Waals surface area contributed by atoms with E-state index in [1.165, 1.54) is 17.9 Å². The van der Waals surface area contributed by atoms with Gasteiger partial charge in [-0.05, 0) is 70.6 Å². The molecule has 214 valence electrons. The number of rotatable bonds is 3. The number of phenolic OH excluding ortho intramolecular Hbond substituents is 1. The lowest BCUT2D eigenvalue weighted by Gasteiger charge is -2.50. The van der Waals surface area contributed by atoms with Crippen LogP contribution in [0.25, 0.3) is 5.76 Å². The molecule has 2 amide bonds. The van der Waals surface area contributed by atoms with Gasteiger partial charge in [0.2, 0.25) is 11.7 Å². The van der Waals surface area contributed by atoms with E-state index in [-0.39, 0.29) is 41.7 Å². The molecule has 1 aliphatic heterocycles. The number of aliphatic hydroxyl groups is 3. The predicted molar refractivity (Wildman–Crippen MR) is 143 cm³/mol. The summed E-state index contributed by atoms with van der Waals surface area (Å²) in [7, 11) is 6.89. The Labute approximate surface area is 231 Å². The van der Waals surface area contributed by atoms with E-state index in [0.717, 1.165) is 0 Å². The first-order chi connectivity index (χ1) is 18.6. The molecule has 12 heteroatoms. The maximum Gasteiger partial charge on any atom is 0.255 e. The summed E-state index contributed by atoms with van der Waals surface area (Å²) in [4.78, 5) is 57.2. The number of primary amides is 1. The Balaban J connectivity index is 1.77. The number of ketones is 2. The van der Waals surface area contributed by atoms with Crippen LogP contribution < -0.4 is 10.6 Å². The van der Waals surface area contributed by atoms with Crippen molar-refractivity contribution in [3.8, 4) is 5.75 Å². The lowest BCUT2D eigenvalue weighted by atomic mass is 9.57. The standard InChI is InChI=1S/C28H34N4O8/c1-11(33)32-7-6-16(30(2)3)13-10-17(34)19-14(21(13)32)8-12-9-15-22(31(4)5)24(36)20(27(29)39)26(38)28(15,40)25(37)18(12)23(19)35/h10,12,15-16,22,34-35,38,40H,6-9H2,1-5H3,(H2,29,39)/t12-,15-,16?,22+,28-/m0/s1. The van der Waals surface area contributed by atoms with E-state index in [1.807, 2.05) is 19.0 Å². The minimum absolute atomic E-state index is 0.0205. The molecule has 0 spiro atoms. The number of nitrogens with zero attached hydrogens (tertiary/aromatic N) is 3. The largest absolute Gasteiger partial charge is 0.508 e. The molecule has 5 rings (SSSR count). The highest BCUT2D eigenvalue weighted by Gasteiger charge is 2.64. The summed E-state index contributed by atoms with van der Waals surface area (Å²) < 4.78 is 0. The van der Waals surface area contributed by atoms with Gasteiger partial charge in [0.15, 0.2) is 11.4 Å². The number of carbonyl (C=O) groups excluding carboxylic acids is 4. The normalized spacial score (nSPS) is 29.9. The van der Waals surface area contributed by atoms with Gasteiger partial charge in [-0.1, -0.05) is 0 Å².